The number of halogens is 1. The van der Waals surface area contributed by atoms with Crippen molar-refractivity contribution in [3.05, 3.63) is 26.9 Å². The summed E-state index contributed by atoms with van der Waals surface area (Å²) in [5.41, 5.74) is 0. The fraction of sp³-hybridized carbons (Fsp3) is 0.385. The maximum Gasteiger partial charge on any atom is 0.306 e. The number of ether oxygens (including phenoxy) is 1. The molecule has 1 unspecified atom stereocenters. The summed E-state index contributed by atoms with van der Waals surface area (Å²) in [5, 5.41) is 8.74. The first-order chi connectivity index (χ1) is 9.54. The second-order valence-electron chi connectivity index (χ2n) is 4.35. The molecule has 5 nitrogen and oxygen atoms in total. The van der Waals surface area contributed by atoms with Gasteiger partial charge in [-0.1, -0.05) is 0 Å². The third-order valence-corrected chi connectivity index (χ3v) is 4.43. The Morgan fingerprint density at radius 1 is 1.55 bits per heavy atom. The van der Waals surface area contributed by atoms with Gasteiger partial charge < -0.3 is 14.7 Å². The normalized spacial score (nSPS) is 19.4. The van der Waals surface area contributed by atoms with Crippen molar-refractivity contribution in [3.8, 4) is 0 Å². The van der Waals surface area contributed by atoms with E-state index in [0.717, 1.165) is 8.66 Å². The van der Waals surface area contributed by atoms with E-state index in [-0.39, 0.29) is 12.3 Å². The van der Waals surface area contributed by atoms with E-state index in [1.54, 1.807) is 22.3 Å². The van der Waals surface area contributed by atoms with Gasteiger partial charge in [-0.25, -0.2) is 0 Å². The molecule has 1 saturated heterocycles. The van der Waals surface area contributed by atoms with Crippen LogP contribution in [-0.2, 0) is 14.3 Å². The lowest BCUT2D eigenvalue weighted by molar-refractivity contribution is -0.145. The number of carboxylic acid groups (broad SMARTS) is 1. The van der Waals surface area contributed by atoms with Crippen LogP contribution in [0.3, 0.4) is 0 Å². The van der Waals surface area contributed by atoms with E-state index in [1.807, 2.05) is 12.1 Å². The number of carbonyl (C=O) groups is 2. The maximum atomic E-state index is 12.0. The predicted molar refractivity (Wildman–Crippen MR) is 79.6 cm³/mol. The first-order valence-electron chi connectivity index (χ1n) is 6.10. The fourth-order valence-corrected chi connectivity index (χ4v) is 3.24. The average Bonchev–Trinajstić information content (AvgIpc) is 2.81. The van der Waals surface area contributed by atoms with Crippen molar-refractivity contribution in [1.29, 1.82) is 0 Å². The molecule has 1 aliphatic heterocycles. The van der Waals surface area contributed by atoms with Crippen molar-refractivity contribution in [2.75, 3.05) is 19.7 Å². The van der Waals surface area contributed by atoms with Crippen LogP contribution in [0.15, 0.2) is 22.0 Å². The number of hydrogen-bond acceptors (Lipinski definition) is 4. The van der Waals surface area contributed by atoms with Crippen molar-refractivity contribution < 1.29 is 19.4 Å². The highest BCUT2D eigenvalue weighted by Crippen LogP contribution is 2.23. The number of thiophene rings is 1. The molecular weight excluding hydrogens is 346 g/mol. The van der Waals surface area contributed by atoms with Crippen molar-refractivity contribution in [2.45, 2.75) is 12.5 Å². The third kappa shape index (κ3) is 4.43. The molecule has 0 saturated carbocycles. The minimum Gasteiger partial charge on any atom is -0.481 e. The molecule has 7 heteroatoms. The molecular formula is C13H14BrNO4S. The van der Waals surface area contributed by atoms with E-state index in [2.05, 4.69) is 15.9 Å². The molecule has 0 bridgehead atoms. The maximum absolute atomic E-state index is 12.0. The standard InChI is InChI=1S/C13H14BrNO4S/c14-11-3-1-10(20-11)2-4-12(16)15-5-6-19-9(8-15)7-13(17)18/h1-4,9H,5-8H2,(H,17,18)/b4-2+. The Morgan fingerprint density at radius 3 is 3.00 bits per heavy atom. The van der Waals surface area contributed by atoms with Crippen LogP contribution in [0.2, 0.25) is 0 Å². The Kier molecular flexibility index (Phi) is 5.33. The SMILES string of the molecule is O=C(O)CC1CN(C(=O)/C=C/c2ccc(Br)s2)CCO1. The number of morpholine rings is 1. The van der Waals surface area contributed by atoms with Gasteiger partial charge in [0.15, 0.2) is 0 Å². The van der Waals surface area contributed by atoms with Gasteiger partial charge in [-0.2, -0.15) is 0 Å². The second kappa shape index (κ2) is 7.01. The van der Waals surface area contributed by atoms with Crippen LogP contribution in [0.25, 0.3) is 6.08 Å². The Morgan fingerprint density at radius 2 is 2.35 bits per heavy atom. The van der Waals surface area contributed by atoms with Crippen LogP contribution >= 0.6 is 27.3 Å². The lowest BCUT2D eigenvalue weighted by Crippen LogP contribution is -2.45. The molecule has 1 atom stereocenters. The monoisotopic (exact) mass is 359 g/mol. The van der Waals surface area contributed by atoms with Crippen LogP contribution in [-0.4, -0.2) is 47.7 Å². The number of carboxylic acids is 1. The van der Waals surface area contributed by atoms with E-state index in [0.29, 0.717) is 19.7 Å². The molecule has 0 radical (unpaired) electrons. The van der Waals surface area contributed by atoms with Crippen molar-refractivity contribution in [3.63, 3.8) is 0 Å². The van der Waals surface area contributed by atoms with E-state index in [4.69, 9.17) is 9.84 Å². The van der Waals surface area contributed by atoms with Crippen molar-refractivity contribution in [1.82, 2.24) is 4.90 Å². The van der Waals surface area contributed by atoms with Gasteiger partial charge >= 0.3 is 5.97 Å². The molecule has 1 aliphatic rings. The van der Waals surface area contributed by atoms with Gasteiger partial charge in [0, 0.05) is 24.0 Å². The zero-order chi connectivity index (χ0) is 14.5. The van der Waals surface area contributed by atoms with Crippen LogP contribution in [0.5, 0.6) is 0 Å². The van der Waals surface area contributed by atoms with Crippen LogP contribution in [0.1, 0.15) is 11.3 Å². The van der Waals surface area contributed by atoms with Crippen LogP contribution in [0.4, 0.5) is 0 Å². The van der Waals surface area contributed by atoms with Gasteiger partial charge in [-0.05, 0) is 34.1 Å². The highest BCUT2D eigenvalue weighted by molar-refractivity contribution is 9.11. The molecule has 0 spiro atoms. The number of carbonyl (C=O) groups excluding carboxylic acids is 1. The lowest BCUT2D eigenvalue weighted by atomic mass is 10.2. The molecule has 1 aromatic rings. The number of hydrogen-bond donors (Lipinski definition) is 1. The predicted octanol–water partition coefficient (Wildman–Crippen LogP) is 2.23. The van der Waals surface area contributed by atoms with Crippen LogP contribution in [0, 0.1) is 0 Å². The van der Waals surface area contributed by atoms with Gasteiger partial charge in [0.2, 0.25) is 5.91 Å². The molecule has 20 heavy (non-hydrogen) atoms. The Bertz CT molecular complexity index is 528. The summed E-state index contributed by atoms with van der Waals surface area (Å²) in [6.07, 6.45) is 2.78. The minimum atomic E-state index is -0.914. The minimum absolute atomic E-state index is 0.0780. The molecule has 0 aliphatic carbocycles. The Labute approximate surface area is 129 Å². The van der Waals surface area contributed by atoms with Gasteiger partial charge in [0.1, 0.15) is 0 Å². The average molecular weight is 360 g/mol. The summed E-state index contributed by atoms with van der Waals surface area (Å²) < 4.78 is 6.34. The van der Waals surface area contributed by atoms with Crippen molar-refractivity contribution in [2.24, 2.45) is 0 Å². The summed E-state index contributed by atoms with van der Waals surface area (Å²) in [5.74, 6) is -1.03. The summed E-state index contributed by atoms with van der Waals surface area (Å²) in [6, 6.07) is 3.84. The van der Waals surface area contributed by atoms with Gasteiger partial charge in [0.05, 0.1) is 22.9 Å². The van der Waals surface area contributed by atoms with E-state index >= 15 is 0 Å². The topological polar surface area (TPSA) is 66.8 Å². The Balaban J connectivity index is 1.91. The summed E-state index contributed by atoms with van der Waals surface area (Å²) in [4.78, 5) is 25.3. The molecule has 1 N–H and O–H groups in total. The van der Waals surface area contributed by atoms with Gasteiger partial charge in [0.25, 0.3) is 0 Å². The molecule has 0 aromatic carbocycles. The molecule has 1 aromatic heterocycles. The summed E-state index contributed by atoms with van der Waals surface area (Å²) >= 11 is 4.91. The summed E-state index contributed by atoms with van der Waals surface area (Å²) in [7, 11) is 0. The molecule has 108 valence electrons. The lowest BCUT2D eigenvalue weighted by Gasteiger charge is -2.31. The first-order valence-corrected chi connectivity index (χ1v) is 7.71. The first kappa shape index (κ1) is 15.2. The fourth-order valence-electron chi connectivity index (χ4n) is 1.91. The number of aliphatic carboxylic acids is 1. The van der Waals surface area contributed by atoms with Gasteiger partial charge in [-0.15, -0.1) is 11.3 Å². The zero-order valence-corrected chi connectivity index (χ0v) is 13.0. The van der Waals surface area contributed by atoms with Crippen LogP contribution < -0.4 is 0 Å². The second-order valence-corrected chi connectivity index (χ2v) is 6.84. The highest BCUT2D eigenvalue weighted by atomic mass is 79.9. The van der Waals surface area contributed by atoms with Crippen molar-refractivity contribution >= 4 is 45.2 Å². The highest BCUT2D eigenvalue weighted by Gasteiger charge is 2.24. The molecule has 1 fully saturated rings. The molecule has 1 amide bonds. The quantitative estimate of drug-likeness (QED) is 0.837. The van der Waals surface area contributed by atoms with E-state index in [9.17, 15) is 9.59 Å². The molecule has 2 rings (SSSR count). The third-order valence-electron chi connectivity index (χ3n) is 2.84. The number of nitrogens with zero attached hydrogens (tertiary/aromatic N) is 1. The zero-order valence-electron chi connectivity index (χ0n) is 10.6. The van der Waals surface area contributed by atoms with Gasteiger partial charge in [-0.3, -0.25) is 9.59 Å². The summed E-state index contributed by atoms with van der Waals surface area (Å²) in [6.45, 7) is 1.19. The number of rotatable bonds is 4. The van der Waals surface area contributed by atoms with E-state index < -0.39 is 12.1 Å². The number of amides is 1. The van der Waals surface area contributed by atoms with E-state index in [1.165, 1.54) is 6.08 Å². The molecule has 2 heterocycles. The largest absolute Gasteiger partial charge is 0.481 e. The smallest absolute Gasteiger partial charge is 0.306 e. The Hall–Kier alpha value is -1.18.